The van der Waals surface area contributed by atoms with Gasteiger partial charge in [0.25, 0.3) is 0 Å². The average Bonchev–Trinajstić information content (AvgIpc) is 2.39. The highest BCUT2D eigenvalue weighted by molar-refractivity contribution is 5.51. The molecule has 0 fully saturated rings. The normalized spacial score (nSPS) is 10.3. The number of hydrogen-bond donors (Lipinski definition) is 1. The van der Waals surface area contributed by atoms with Gasteiger partial charge in [-0.2, -0.15) is 0 Å². The molecule has 2 N–H and O–H groups in total. The summed E-state index contributed by atoms with van der Waals surface area (Å²) in [6, 6.07) is 5.33. The van der Waals surface area contributed by atoms with E-state index in [4.69, 9.17) is 24.7 Å². The minimum Gasteiger partial charge on any atom is -0.493 e. The number of nitrogens with two attached hydrogens (primary N) is 1. The zero-order valence-corrected chi connectivity index (χ0v) is 11.0. The second kappa shape index (κ2) is 8.60. The Hall–Kier alpha value is -1.46. The maximum absolute atomic E-state index is 5.66. The van der Waals surface area contributed by atoms with Gasteiger partial charge in [0.2, 0.25) is 0 Å². The summed E-state index contributed by atoms with van der Waals surface area (Å²) in [6.07, 6.45) is 0.817. The molecule has 0 aliphatic carbocycles. The number of hydrogen-bond acceptors (Lipinski definition) is 5. The predicted molar refractivity (Wildman–Crippen MR) is 70.2 cm³/mol. The van der Waals surface area contributed by atoms with E-state index in [1.54, 1.807) is 32.4 Å². The van der Waals surface area contributed by atoms with Crippen molar-refractivity contribution in [2.24, 2.45) is 0 Å². The van der Waals surface area contributed by atoms with Gasteiger partial charge >= 0.3 is 0 Å². The Morgan fingerprint density at radius 1 is 1.00 bits per heavy atom. The predicted octanol–water partition coefficient (Wildman–Crippen LogP) is 1.71. The molecular formula is C13H21NO4. The van der Waals surface area contributed by atoms with E-state index in [2.05, 4.69) is 0 Å². The highest BCUT2D eigenvalue weighted by atomic mass is 16.5. The standard InChI is InChI=1S/C13H21NO4/c1-15-8-9-17-6-3-7-18-12-5-4-11(14)10-13(12)16-2/h4-5,10H,3,6-9,14H2,1-2H3. The Labute approximate surface area is 108 Å². The topological polar surface area (TPSA) is 62.9 Å². The van der Waals surface area contributed by atoms with Crippen molar-refractivity contribution in [2.75, 3.05) is 46.4 Å². The fourth-order valence-corrected chi connectivity index (χ4v) is 1.39. The van der Waals surface area contributed by atoms with Gasteiger partial charge in [0, 0.05) is 31.9 Å². The van der Waals surface area contributed by atoms with E-state index < -0.39 is 0 Å². The fraction of sp³-hybridized carbons (Fsp3) is 0.538. The first-order chi connectivity index (χ1) is 8.77. The van der Waals surface area contributed by atoms with E-state index in [1.165, 1.54) is 0 Å². The highest BCUT2D eigenvalue weighted by Crippen LogP contribution is 2.28. The van der Waals surface area contributed by atoms with E-state index >= 15 is 0 Å². The molecule has 18 heavy (non-hydrogen) atoms. The van der Waals surface area contributed by atoms with Crippen molar-refractivity contribution in [3.8, 4) is 11.5 Å². The van der Waals surface area contributed by atoms with Crippen LogP contribution < -0.4 is 15.2 Å². The van der Waals surface area contributed by atoms with Crippen molar-refractivity contribution in [3.63, 3.8) is 0 Å². The van der Waals surface area contributed by atoms with Crippen LogP contribution in [0.4, 0.5) is 5.69 Å². The number of benzene rings is 1. The van der Waals surface area contributed by atoms with Gasteiger partial charge in [0.05, 0.1) is 26.9 Å². The van der Waals surface area contributed by atoms with Crippen LogP contribution >= 0.6 is 0 Å². The molecule has 0 saturated heterocycles. The van der Waals surface area contributed by atoms with Crippen LogP contribution in [0.3, 0.4) is 0 Å². The van der Waals surface area contributed by atoms with Crippen molar-refractivity contribution >= 4 is 5.69 Å². The van der Waals surface area contributed by atoms with Crippen LogP contribution in [0.25, 0.3) is 0 Å². The van der Waals surface area contributed by atoms with E-state index in [9.17, 15) is 0 Å². The molecule has 0 atom stereocenters. The number of rotatable bonds is 9. The van der Waals surface area contributed by atoms with Crippen LogP contribution in [0.5, 0.6) is 11.5 Å². The minimum absolute atomic E-state index is 0.577. The minimum atomic E-state index is 0.577. The molecule has 0 heterocycles. The van der Waals surface area contributed by atoms with Crippen molar-refractivity contribution < 1.29 is 18.9 Å². The Morgan fingerprint density at radius 2 is 1.83 bits per heavy atom. The molecule has 1 aromatic carbocycles. The molecule has 0 saturated carbocycles. The number of ether oxygens (including phenoxy) is 4. The van der Waals surface area contributed by atoms with Gasteiger partial charge in [0.1, 0.15) is 0 Å². The fourth-order valence-electron chi connectivity index (χ4n) is 1.39. The van der Waals surface area contributed by atoms with Crippen molar-refractivity contribution in [1.82, 2.24) is 0 Å². The lowest BCUT2D eigenvalue weighted by molar-refractivity contribution is 0.0643. The summed E-state index contributed by atoms with van der Waals surface area (Å²) in [5.41, 5.74) is 6.31. The highest BCUT2D eigenvalue weighted by Gasteiger charge is 2.04. The monoisotopic (exact) mass is 255 g/mol. The van der Waals surface area contributed by atoms with Crippen molar-refractivity contribution in [1.29, 1.82) is 0 Å². The zero-order valence-electron chi connectivity index (χ0n) is 11.0. The van der Waals surface area contributed by atoms with Crippen LogP contribution in [0.2, 0.25) is 0 Å². The molecule has 5 nitrogen and oxygen atoms in total. The zero-order chi connectivity index (χ0) is 13.2. The van der Waals surface area contributed by atoms with Gasteiger partial charge in [-0.15, -0.1) is 0 Å². The lowest BCUT2D eigenvalue weighted by Crippen LogP contribution is -2.07. The Balaban J connectivity index is 2.22. The van der Waals surface area contributed by atoms with Gasteiger partial charge < -0.3 is 24.7 Å². The smallest absolute Gasteiger partial charge is 0.162 e. The SMILES string of the molecule is COCCOCCCOc1ccc(N)cc1OC. The molecule has 1 rings (SSSR count). The molecule has 102 valence electrons. The number of nitrogen functional groups attached to an aromatic ring is 1. The molecule has 0 aromatic heterocycles. The van der Waals surface area contributed by atoms with Gasteiger partial charge in [-0.1, -0.05) is 0 Å². The second-order valence-electron chi connectivity index (χ2n) is 3.72. The van der Waals surface area contributed by atoms with E-state index in [0.717, 1.165) is 6.42 Å². The van der Waals surface area contributed by atoms with Crippen LogP contribution in [0, 0.1) is 0 Å². The maximum Gasteiger partial charge on any atom is 0.162 e. The van der Waals surface area contributed by atoms with Crippen LogP contribution in [0.15, 0.2) is 18.2 Å². The summed E-state index contributed by atoms with van der Waals surface area (Å²) in [5, 5.41) is 0. The first-order valence-corrected chi connectivity index (χ1v) is 5.91. The molecule has 0 spiro atoms. The number of methoxy groups -OCH3 is 2. The van der Waals surface area contributed by atoms with Crippen LogP contribution in [0.1, 0.15) is 6.42 Å². The molecule has 0 unspecified atom stereocenters. The summed E-state index contributed by atoms with van der Waals surface area (Å²) in [5.74, 6) is 1.35. The summed E-state index contributed by atoms with van der Waals surface area (Å²) < 4.78 is 21.0. The Morgan fingerprint density at radius 3 is 2.56 bits per heavy atom. The van der Waals surface area contributed by atoms with Crippen LogP contribution in [-0.2, 0) is 9.47 Å². The summed E-state index contributed by atoms with van der Waals surface area (Å²) >= 11 is 0. The first-order valence-electron chi connectivity index (χ1n) is 5.91. The van der Waals surface area contributed by atoms with Gasteiger partial charge in [-0.3, -0.25) is 0 Å². The Bertz CT molecular complexity index is 344. The third-order valence-corrected chi connectivity index (χ3v) is 2.31. The summed E-state index contributed by atoms with van der Waals surface area (Å²) in [4.78, 5) is 0. The summed E-state index contributed by atoms with van der Waals surface area (Å²) in [7, 11) is 3.25. The van der Waals surface area contributed by atoms with Crippen LogP contribution in [-0.4, -0.2) is 40.6 Å². The van der Waals surface area contributed by atoms with Crippen molar-refractivity contribution in [3.05, 3.63) is 18.2 Å². The third kappa shape index (κ3) is 5.25. The molecule has 0 radical (unpaired) electrons. The quantitative estimate of drug-likeness (QED) is 0.537. The number of anilines is 1. The second-order valence-corrected chi connectivity index (χ2v) is 3.72. The molecule has 0 aliphatic heterocycles. The molecule has 0 aliphatic rings. The van der Waals surface area contributed by atoms with Crippen molar-refractivity contribution in [2.45, 2.75) is 6.42 Å². The lowest BCUT2D eigenvalue weighted by atomic mass is 10.3. The average molecular weight is 255 g/mol. The van der Waals surface area contributed by atoms with Gasteiger partial charge in [-0.05, 0) is 12.1 Å². The third-order valence-electron chi connectivity index (χ3n) is 2.31. The maximum atomic E-state index is 5.66. The van der Waals surface area contributed by atoms with E-state index in [1.807, 2.05) is 0 Å². The molecule has 5 heteroatoms. The van der Waals surface area contributed by atoms with Gasteiger partial charge in [0.15, 0.2) is 11.5 Å². The summed E-state index contributed by atoms with van der Waals surface area (Å²) in [6.45, 7) is 2.46. The lowest BCUT2D eigenvalue weighted by Gasteiger charge is -2.11. The molecular weight excluding hydrogens is 234 g/mol. The molecule has 0 amide bonds. The van der Waals surface area contributed by atoms with E-state index in [0.29, 0.717) is 43.6 Å². The van der Waals surface area contributed by atoms with E-state index in [-0.39, 0.29) is 0 Å². The largest absolute Gasteiger partial charge is 0.493 e. The molecule has 1 aromatic rings. The van der Waals surface area contributed by atoms with Gasteiger partial charge in [-0.25, -0.2) is 0 Å². The Kier molecular flexibility index (Phi) is 6.98. The first kappa shape index (κ1) is 14.6. The molecule has 0 bridgehead atoms.